The molecule has 1 saturated heterocycles. The van der Waals surface area contributed by atoms with Crippen LogP contribution in [0.5, 0.6) is 11.5 Å². The average molecular weight is 352 g/mol. The second-order valence-corrected chi connectivity index (χ2v) is 6.12. The van der Waals surface area contributed by atoms with Crippen LogP contribution in [0, 0.1) is 11.8 Å². The lowest BCUT2D eigenvalue weighted by Crippen LogP contribution is -2.16. The minimum Gasteiger partial charge on any atom is -0.508 e. The SMILES string of the molecule is CCC(C)C(=O)OCC1CO1.CCC(C)C(=O)Oc1ccc(O)cc1. The molecule has 0 aliphatic carbocycles. The molecule has 1 aromatic carbocycles. The molecule has 3 atom stereocenters. The smallest absolute Gasteiger partial charge is 0.314 e. The van der Waals surface area contributed by atoms with Crippen molar-refractivity contribution >= 4 is 11.9 Å². The summed E-state index contributed by atoms with van der Waals surface area (Å²) in [7, 11) is 0. The minimum absolute atomic E-state index is 0.0220. The van der Waals surface area contributed by atoms with Crippen LogP contribution in [0.15, 0.2) is 24.3 Å². The summed E-state index contributed by atoms with van der Waals surface area (Å²) >= 11 is 0. The first kappa shape index (κ1) is 21.0. The molecule has 1 heterocycles. The quantitative estimate of drug-likeness (QED) is 0.460. The molecule has 1 aliphatic heterocycles. The van der Waals surface area contributed by atoms with Crippen molar-refractivity contribution in [3.63, 3.8) is 0 Å². The van der Waals surface area contributed by atoms with Crippen molar-refractivity contribution in [2.45, 2.75) is 46.6 Å². The van der Waals surface area contributed by atoms with E-state index in [1.807, 2.05) is 27.7 Å². The number of aromatic hydroxyl groups is 1. The maximum atomic E-state index is 11.3. The summed E-state index contributed by atoms with van der Waals surface area (Å²) in [6, 6.07) is 6.10. The van der Waals surface area contributed by atoms with Crippen molar-refractivity contribution in [1.29, 1.82) is 0 Å². The molecule has 0 radical (unpaired) electrons. The van der Waals surface area contributed by atoms with Gasteiger partial charge in [0, 0.05) is 0 Å². The standard InChI is InChI=1S/C11H14O3.C8H14O3/c1-3-8(2)11(13)14-10-6-4-9(12)5-7-10;1-3-6(2)8(9)11-5-7-4-10-7/h4-8,12H,3H2,1-2H3;6-7H,3-5H2,1-2H3. The zero-order valence-corrected chi connectivity index (χ0v) is 15.4. The summed E-state index contributed by atoms with van der Waals surface area (Å²) in [6.45, 7) is 8.78. The first-order chi connectivity index (χ1) is 11.9. The van der Waals surface area contributed by atoms with Gasteiger partial charge in [-0.05, 0) is 37.1 Å². The van der Waals surface area contributed by atoms with Crippen molar-refractivity contribution in [1.82, 2.24) is 0 Å². The number of hydrogen-bond donors (Lipinski definition) is 1. The Bertz CT molecular complexity index is 535. The number of ether oxygens (including phenoxy) is 3. The van der Waals surface area contributed by atoms with Crippen LogP contribution < -0.4 is 4.74 Å². The molecular formula is C19H28O6. The number of phenols is 1. The molecule has 0 saturated carbocycles. The predicted molar refractivity (Wildman–Crippen MR) is 93.4 cm³/mol. The molecule has 0 bridgehead atoms. The van der Waals surface area contributed by atoms with Crippen LogP contribution in [-0.2, 0) is 19.1 Å². The van der Waals surface area contributed by atoms with Gasteiger partial charge >= 0.3 is 11.9 Å². The Hall–Kier alpha value is -2.08. The fraction of sp³-hybridized carbons (Fsp3) is 0.579. The van der Waals surface area contributed by atoms with Gasteiger partial charge in [-0.3, -0.25) is 9.59 Å². The summed E-state index contributed by atoms with van der Waals surface area (Å²) in [4.78, 5) is 22.4. The molecule has 6 nitrogen and oxygen atoms in total. The molecule has 0 spiro atoms. The molecule has 0 amide bonds. The first-order valence-electron chi connectivity index (χ1n) is 8.66. The molecule has 3 unspecified atom stereocenters. The fourth-order valence-electron chi connectivity index (χ4n) is 1.55. The second kappa shape index (κ2) is 10.7. The lowest BCUT2D eigenvalue weighted by molar-refractivity contribution is -0.148. The number of epoxide rings is 1. The van der Waals surface area contributed by atoms with Gasteiger partial charge < -0.3 is 19.3 Å². The number of rotatable bonds is 7. The first-order valence-corrected chi connectivity index (χ1v) is 8.66. The van der Waals surface area contributed by atoms with Crippen molar-refractivity contribution in [3.05, 3.63) is 24.3 Å². The van der Waals surface area contributed by atoms with Crippen LogP contribution in [0.2, 0.25) is 0 Å². The lowest BCUT2D eigenvalue weighted by atomic mass is 10.1. The average Bonchev–Trinajstić information content (AvgIpc) is 3.45. The molecule has 140 valence electrons. The van der Waals surface area contributed by atoms with Gasteiger partial charge in [-0.15, -0.1) is 0 Å². The van der Waals surface area contributed by atoms with E-state index in [4.69, 9.17) is 19.3 Å². The minimum atomic E-state index is -0.238. The molecule has 1 aromatic rings. The van der Waals surface area contributed by atoms with Crippen LogP contribution in [0.4, 0.5) is 0 Å². The highest BCUT2D eigenvalue weighted by Crippen LogP contribution is 2.17. The van der Waals surface area contributed by atoms with Crippen LogP contribution >= 0.6 is 0 Å². The summed E-state index contributed by atoms with van der Waals surface area (Å²) in [5.41, 5.74) is 0. The Labute approximate surface area is 149 Å². The van der Waals surface area contributed by atoms with Crippen molar-refractivity contribution in [2.24, 2.45) is 11.8 Å². The van der Waals surface area contributed by atoms with Crippen LogP contribution in [0.25, 0.3) is 0 Å². The molecule has 2 rings (SSSR count). The van der Waals surface area contributed by atoms with E-state index in [-0.39, 0.29) is 35.6 Å². The van der Waals surface area contributed by atoms with Crippen LogP contribution in [0.1, 0.15) is 40.5 Å². The largest absolute Gasteiger partial charge is 0.508 e. The van der Waals surface area contributed by atoms with E-state index in [9.17, 15) is 9.59 Å². The van der Waals surface area contributed by atoms with Gasteiger partial charge in [0.25, 0.3) is 0 Å². The maximum absolute atomic E-state index is 11.3. The fourth-order valence-corrected chi connectivity index (χ4v) is 1.55. The third-order valence-corrected chi connectivity index (χ3v) is 3.90. The topological polar surface area (TPSA) is 85.4 Å². The van der Waals surface area contributed by atoms with E-state index in [1.54, 1.807) is 12.1 Å². The number of phenolic OH excluding ortho intramolecular Hbond substituents is 1. The van der Waals surface area contributed by atoms with E-state index in [1.165, 1.54) is 12.1 Å². The van der Waals surface area contributed by atoms with Crippen molar-refractivity contribution in [2.75, 3.05) is 13.2 Å². The number of benzene rings is 1. The van der Waals surface area contributed by atoms with Gasteiger partial charge in [0.15, 0.2) is 0 Å². The number of hydrogen-bond acceptors (Lipinski definition) is 6. The zero-order valence-electron chi connectivity index (χ0n) is 15.4. The van der Waals surface area contributed by atoms with Gasteiger partial charge in [0.05, 0.1) is 18.4 Å². The molecule has 1 N–H and O–H groups in total. The van der Waals surface area contributed by atoms with E-state index in [0.717, 1.165) is 19.4 Å². The number of carbonyl (C=O) groups excluding carboxylic acids is 2. The maximum Gasteiger partial charge on any atom is 0.314 e. The van der Waals surface area contributed by atoms with E-state index >= 15 is 0 Å². The Morgan fingerprint density at radius 1 is 1.12 bits per heavy atom. The van der Waals surface area contributed by atoms with Crippen LogP contribution in [-0.4, -0.2) is 36.4 Å². The highest BCUT2D eigenvalue weighted by molar-refractivity contribution is 5.74. The Morgan fingerprint density at radius 2 is 1.64 bits per heavy atom. The predicted octanol–water partition coefficient (Wildman–Crippen LogP) is 3.32. The highest BCUT2D eigenvalue weighted by atomic mass is 16.6. The summed E-state index contributed by atoms with van der Waals surface area (Å²) in [5.74, 6) is 0.209. The van der Waals surface area contributed by atoms with E-state index in [2.05, 4.69) is 0 Å². The second-order valence-electron chi connectivity index (χ2n) is 6.12. The summed E-state index contributed by atoms with van der Waals surface area (Å²) < 4.78 is 14.9. The monoisotopic (exact) mass is 352 g/mol. The van der Waals surface area contributed by atoms with Crippen molar-refractivity contribution < 1.29 is 28.9 Å². The molecule has 0 aromatic heterocycles. The van der Waals surface area contributed by atoms with Gasteiger partial charge in [0.1, 0.15) is 24.2 Å². The number of carbonyl (C=O) groups is 2. The Balaban J connectivity index is 0.000000257. The molecule has 6 heteroatoms. The summed E-state index contributed by atoms with van der Waals surface area (Å²) in [6.07, 6.45) is 1.78. The third-order valence-electron chi connectivity index (χ3n) is 3.90. The van der Waals surface area contributed by atoms with E-state index < -0.39 is 0 Å². The summed E-state index contributed by atoms with van der Waals surface area (Å²) in [5, 5.41) is 9.01. The lowest BCUT2D eigenvalue weighted by Gasteiger charge is -2.08. The molecule has 1 fully saturated rings. The Kier molecular flexibility index (Phi) is 8.99. The zero-order chi connectivity index (χ0) is 18.8. The number of esters is 2. The Morgan fingerprint density at radius 3 is 2.12 bits per heavy atom. The molecular weight excluding hydrogens is 324 g/mol. The van der Waals surface area contributed by atoms with Gasteiger partial charge in [-0.1, -0.05) is 27.7 Å². The molecule has 25 heavy (non-hydrogen) atoms. The van der Waals surface area contributed by atoms with E-state index in [0.29, 0.717) is 12.4 Å². The highest BCUT2D eigenvalue weighted by Gasteiger charge is 2.25. The van der Waals surface area contributed by atoms with Crippen molar-refractivity contribution in [3.8, 4) is 11.5 Å². The van der Waals surface area contributed by atoms with Gasteiger partial charge in [0.2, 0.25) is 0 Å². The third kappa shape index (κ3) is 8.54. The molecule has 1 aliphatic rings. The van der Waals surface area contributed by atoms with Gasteiger partial charge in [-0.2, -0.15) is 0 Å². The van der Waals surface area contributed by atoms with Crippen LogP contribution in [0.3, 0.4) is 0 Å². The normalized spacial score (nSPS) is 17.5. The van der Waals surface area contributed by atoms with Gasteiger partial charge in [-0.25, -0.2) is 0 Å².